The van der Waals surface area contributed by atoms with Gasteiger partial charge in [-0.1, -0.05) is 6.58 Å². The molecular formula is C6H11NO3. The van der Waals surface area contributed by atoms with Gasteiger partial charge in [-0.25, -0.2) is 4.79 Å². The van der Waals surface area contributed by atoms with Crippen molar-refractivity contribution in [3.63, 3.8) is 0 Å². The Hall–Kier alpha value is -1.03. The lowest BCUT2D eigenvalue weighted by Crippen LogP contribution is -2.26. The first-order chi connectivity index (χ1) is 4.54. The average Bonchev–Trinajstić information content (AvgIpc) is 1.82. The van der Waals surface area contributed by atoms with Gasteiger partial charge in [0.15, 0.2) is 6.10 Å². The van der Waals surface area contributed by atoms with Gasteiger partial charge in [-0.3, -0.25) is 10.3 Å². The molecule has 1 atom stereocenters. The van der Waals surface area contributed by atoms with E-state index in [1.54, 1.807) is 6.92 Å². The highest BCUT2D eigenvalue weighted by Gasteiger charge is 2.10. The fourth-order valence-electron chi connectivity index (χ4n) is 0.239. The molecule has 0 unspecified atom stereocenters. The highest BCUT2D eigenvalue weighted by Crippen LogP contribution is 1.88. The smallest absolute Gasteiger partial charge is 0.335 e. The summed E-state index contributed by atoms with van der Waals surface area (Å²) in [4.78, 5) is 14.7. The summed E-state index contributed by atoms with van der Waals surface area (Å²) in [5.41, 5.74) is 2.93. The highest BCUT2D eigenvalue weighted by atomic mass is 16.7. The summed E-state index contributed by atoms with van der Waals surface area (Å²) in [5.74, 6) is -1.01. The van der Waals surface area contributed by atoms with Crippen molar-refractivity contribution in [3.8, 4) is 0 Å². The molecule has 4 heteroatoms. The maximum atomic E-state index is 10.1. The number of hydrogen-bond acceptors (Lipinski definition) is 3. The predicted molar refractivity (Wildman–Crippen MR) is 36.1 cm³/mol. The zero-order chi connectivity index (χ0) is 8.15. The van der Waals surface area contributed by atoms with Crippen LogP contribution in [0.25, 0.3) is 0 Å². The minimum absolute atomic E-state index is 0.577. The molecule has 0 aliphatic rings. The van der Waals surface area contributed by atoms with Gasteiger partial charge in [-0.15, -0.1) is 0 Å². The van der Waals surface area contributed by atoms with E-state index in [0.29, 0.717) is 5.70 Å². The van der Waals surface area contributed by atoms with Gasteiger partial charge in [0, 0.05) is 5.70 Å². The highest BCUT2D eigenvalue weighted by molar-refractivity contribution is 5.71. The first kappa shape index (κ1) is 8.97. The minimum atomic E-state index is -1.01. The van der Waals surface area contributed by atoms with E-state index in [1.807, 2.05) is 0 Å². The van der Waals surface area contributed by atoms with Gasteiger partial charge in [-0.05, 0) is 13.8 Å². The molecular weight excluding hydrogens is 134 g/mol. The first-order valence-corrected chi connectivity index (χ1v) is 2.84. The Kier molecular flexibility index (Phi) is 3.49. The van der Waals surface area contributed by atoms with Gasteiger partial charge in [-0.2, -0.15) is 0 Å². The van der Waals surface area contributed by atoms with Gasteiger partial charge >= 0.3 is 5.97 Å². The normalized spacial score (nSPS) is 12.2. The first-order valence-electron chi connectivity index (χ1n) is 2.84. The van der Waals surface area contributed by atoms with Gasteiger partial charge in [0.25, 0.3) is 0 Å². The summed E-state index contributed by atoms with van der Waals surface area (Å²) < 4.78 is 0. The molecule has 0 rings (SSSR count). The number of carboxylic acids is 1. The number of hydroxylamine groups is 1. The zero-order valence-corrected chi connectivity index (χ0v) is 6.05. The number of nitrogens with one attached hydrogen (secondary N) is 1. The fraction of sp³-hybridized carbons (Fsp3) is 0.500. The van der Waals surface area contributed by atoms with Crippen molar-refractivity contribution in [1.82, 2.24) is 5.48 Å². The van der Waals surface area contributed by atoms with E-state index in [2.05, 4.69) is 16.9 Å². The van der Waals surface area contributed by atoms with Gasteiger partial charge in [0.05, 0.1) is 0 Å². The molecule has 0 heterocycles. The van der Waals surface area contributed by atoms with E-state index in [9.17, 15) is 4.79 Å². The summed E-state index contributed by atoms with van der Waals surface area (Å²) in [7, 11) is 0. The third-order valence-corrected chi connectivity index (χ3v) is 0.758. The number of rotatable bonds is 4. The largest absolute Gasteiger partial charge is 0.479 e. The lowest BCUT2D eigenvalue weighted by Gasteiger charge is -2.08. The van der Waals surface area contributed by atoms with E-state index in [4.69, 9.17) is 5.11 Å². The molecule has 2 N–H and O–H groups in total. The van der Waals surface area contributed by atoms with E-state index < -0.39 is 12.1 Å². The van der Waals surface area contributed by atoms with E-state index >= 15 is 0 Å². The van der Waals surface area contributed by atoms with Crippen LogP contribution in [0.15, 0.2) is 12.3 Å². The molecule has 0 aliphatic heterocycles. The second kappa shape index (κ2) is 3.90. The number of carbonyl (C=O) groups is 1. The van der Waals surface area contributed by atoms with Crippen LogP contribution in [-0.2, 0) is 9.63 Å². The third-order valence-electron chi connectivity index (χ3n) is 0.758. The maximum Gasteiger partial charge on any atom is 0.335 e. The topological polar surface area (TPSA) is 58.6 Å². The molecule has 10 heavy (non-hydrogen) atoms. The number of hydrogen-bond donors (Lipinski definition) is 2. The van der Waals surface area contributed by atoms with Crippen LogP contribution in [0.5, 0.6) is 0 Å². The van der Waals surface area contributed by atoms with Crippen LogP contribution in [0, 0.1) is 0 Å². The molecule has 0 amide bonds. The van der Waals surface area contributed by atoms with Crippen molar-refractivity contribution in [2.75, 3.05) is 0 Å². The predicted octanol–water partition coefficient (Wildman–Crippen LogP) is 0.514. The molecule has 4 nitrogen and oxygen atoms in total. The lowest BCUT2D eigenvalue weighted by molar-refractivity contribution is -0.152. The Balaban J connectivity index is 3.49. The van der Waals surface area contributed by atoms with Crippen LogP contribution in [-0.4, -0.2) is 17.2 Å². The summed E-state index contributed by atoms with van der Waals surface area (Å²) in [6.07, 6.45) is -0.850. The zero-order valence-electron chi connectivity index (χ0n) is 6.05. The summed E-state index contributed by atoms with van der Waals surface area (Å²) in [6, 6.07) is 0. The Morgan fingerprint density at radius 2 is 2.30 bits per heavy atom. The van der Waals surface area contributed by atoms with Gasteiger partial charge in [0.2, 0.25) is 0 Å². The molecule has 0 aliphatic carbocycles. The standard InChI is InChI=1S/C6H11NO3/c1-4(2)7-10-5(3)6(8)9/h5,7H,1H2,2-3H3,(H,8,9)/t5-/m1/s1. The van der Waals surface area contributed by atoms with Crippen LogP contribution in [0.2, 0.25) is 0 Å². The van der Waals surface area contributed by atoms with Crippen molar-refractivity contribution >= 4 is 5.97 Å². The van der Waals surface area contributed by atoms with Crippen molar-refractivity contribution < 1.29 is 14.7 Å². The maximum absolute atomic E-state index is 10.1. The van der Waals surface area contributed by atoms with Gasteiger partial charge < -0.3 is 5.11 Å². The van der Waals surface area contributed by atoms with E-state index in [0.717, 1.165) is 0 Å². The summed E-state index contributed by atoms with van der Waals surface area (Å²) >= 11 is 0. The third kappa shape index (κ3) is 3.91. The van der Waals surface area contributed by atoms with Crippen molar-refractivity contribution in [3.05, 3.63) is 12.3 Å². The molecule has 0 bridgehead atoms. The molecule has 58 valence electrons. The Bertz CT molecular complexity index is 144. The fourth-order valence-corrected chi connectivity index (χ4v) is 0.239. The Morgan fingerprint density at radius 3 is 2.60 bits per heavy atom. The van der Waals surface area contributed by atoms with Crippen LogP contribution in [0.1, 0.15) is 13.8 Å². The lowest BCUT2D eigenvalue weighted by atomic mass is 10.4. The SMILES string of the molecule is C=C(C)NO[C@H](C)C(=O)O. The molecule has 0 radical (unpaired) electrons. The Labute approximate surface area is 59.4 Å². The molecule has 0 aromatic rings. The summed E-state index contributed by atoms with van der Waals surface area (Å²) in [5, 5.41) is 8.30. The Morgan fingerprint density at radius 1 is 1.80 bits per heavy atom. The molecule has 0 saturated heterocycles. The van der Waals surface area contributed by atoms with Crippen molar-refractivity contribution in [2.45, 2.75) is 20.0 Å². The molecule has 0 aromatic heterocycles. The van der Waals surface area contributed by atoms with Crippen molar-refractivity contribution in [1.29, 1.82) is 0 Å². The van der Waals surface area contributed by atoms with Crippen LogP contribution in [0.4, 0.5) is 0 Å². The number of allylic oxidation sites excluding steroid dienone is 1. The molecule has 0 aromatic carbocycles. The number of aliphatic carboxylic acids is 1. The molecule has 0 fully saturated rings. The second-order valence-electron chi connectivity index (χ2n) is 1.98. The number of carboxylic acid groups (broad SMARTS) is 1. The second-order valence-corrected chi connectivity index (χ2v) is 1.98. The average molecular weight is 145 g/mol. The summed E-state index contributed by atoms with van der Waals surface area (Å²) in [6.45, 7) is 6.56. The monoisotopic (exact) mass is 145 g/mol. The van der Waals surface area contributed by atoms with E-state index in [1.165, 1.54) is 6.92 Å². The van der Waals surface area contributed by atoms with E-state index in [-0.39, 0.29) is 0 Å². The molecule has 0 spiro atoms. The van der Waals surface area contributed by atoms with Crippen LogP contribution < -0.4 is 5.48 Å². The van der Waals surface area contributed by atoms with Crippen molar-refractivity contribution in [2.24, 2.45) is 0 Å². The van der Waals surface area contributed by atoms with Gasteiger partial charge in [0.1, 0.15) is 0 Å². The quantitative estimate of drug-likeness (QED) is 0.566. The van der Waals surface area contributed by atoms with Crippen LogP contribution in [0.3, 0.4) is 0 Å². The van der Waals surface area contributed by atoms with Crippen LogP contribution >= 0.6 is 0 Å². The molecule has 0 saturated carbocycles. The minimum Gasteiger partial charge on any atom is -0.479 e.